The molecule has 0 radical (unpaired) electrons. The third-order valence-electron chi connectivity index (χ3n) is 3.49. The Hall–Kier alpha value is -2.10. The van der Waals surface area contributed by atoms with Crippen molar-refractivity contribution in [2.75, 3.05) is 0 Å². The van der Waals surface area contributed by atoms with Crippen LogP contribution in [-0.2, 0) is 12.8 Å². The van der Waals surface area contributed by atoms with E-state index in [1.807, 2.05) is 18.3 Å². The van der Waals surface area contributed by atoms with Gasteiger partial charge in [0.05, 0.1) is 5.56 Å². The lowest BCUT2D eigenvalue weighted by atomic mass is 9.99. The van der Waals surface area contributed by atoms with Gasteiger partial charge in [0.15, 0.2) is 0 Å². The summed E-state index contributed by atoms with van der Waals surface area (Å²) in [7, 11) is 0. The summed E-state index contributed by atoms with van der Waals surface area (Å²) in [4.78, 5) is 18.7. The highest BCUT2D eigenvalue weighted by Crippen LogP contribution is 2.19. The maximum absolute atomic E-state index is 10.8. The number of H-pyrrole nitrogens is 1. The van der Waals surface area contributed by atoms with Crippen molar-refractivity contribution in [3.63, 3.8) is 0 Å². The highest BCUT2D eigenvalue weighted by molar-refractivity contribution is 5.87. The minimum absolute atomic E-state index is 0.279. The molecule has 4 heteroatoms. The van der Waals surface area contributed by atoms with Crippen LogP contribution in [0.2, 0.25) is 0 Å². The number of aromatic carboxylic acids is 1. The number of aromatic amines is 1. The Morgan fingerprint density at radius 2 is 1.86 bits per heavy atom. The molecule has 0 spiro atoms. The first-order valence-corrected chi connectivity index (χ1v) is 7.31. The molecule has 0 unspecified atom stereocenters. The summed E-state index contributed by atoms with van der Waals surface area (Å²) < 4.78 is 0. The molecule has 0 saturated heterocycles. The van der Waals surface area contributed by atoms with Crippen molar-refractivity contribution in [1.29, 1.82) is 0 Å². The average Bonchev–Trinajstić information content (AvgIpc) is 2.87. The van der Waals surface area contributed by atoms with Crippen LogP contribution in [0.3, 0.4) is 0 Å². The fourth-order valence-corrected chi connectivity index (χ4v) is 2.40. The van der Waals surface area contributed by atoms with Gasteiger partial charge >= 0.3 is 5.97 Å². The number of hydrogen-bond donors (Lipinski definition) is 2. The van der Waals surface area contributed by atoms with Crippen LogP contribution in [-0.4, -0.2) is 21.0 Å². The van der Waals surface area contributed by atoms with Crippen molar-refractivity contribution < 1.29 is 9.90 Å². The molecule has 0 bridgehead atoms. The van der Waals surface area contributed by atoms with E-state index in [-0.39, 0.29) is 5.92 Å². The quantitative estimate of drug-likeness (QED) is 0.851. The third-order valence-corrected chi connectivity index (χ3v) is 3.49. The van der Waals surface area contributed by atoms with Gasteiger partial charge in [0.2, 0.25) is 0 Å². The molecule has 112 valence electrons. The molecule has 0 fully saturated rings. The molecule has 2 aromatic rings. The molecule has 1 aromatic carbocycles. The SMILES string of the molecule is CC(C)Cc1cnc([C@H](C)Cc2ccc(C(=O)O)cc2)[nH]1. The molecule has 21 heavy (non-hydrogen) atoms. The molecule has 4 nitrogen and oxygen atoms in total. The zero-order valence-corrected chi connectivity index (χ0v) is 12.8. The van der Waals surface area contributed by atoms with Crippen LogP contribution in [0.1, 0.15) is 54.1 Å². The predicted molar refractivity (Wildman–Crippen MR) is 82.7 cm³/mol. The van der Waals surface area contributed by atoms with Crippen LogP contribution >= 0.6 is 0 Å². The van der Waals surface area contributed by atoms with E-state index in [0.717, 1.165) is 24.2 Å². The summed E-state index contributed by atoms with van der Waals surface area (Å²) in [6.45, 7) is 6.50. The Morgan fingerprint density at radius 1 is 1.19 bits per heavy atom. The summed E-state index contributed by atoms with van der Waals surface area (Å²) >= 11 is 0. The normalized spacial score (nSPS) is 12.6. The maximum Gasteiger partial charge on any atom is 0.335 e. The van der Waals surface area contributed by atoms with E-state index in [9.17, 15) is 4.79 Å². The molecule has 2 N–H and O–H groups in total. The number of aromatic nitrogens is 2. The van der Waals surface area contributed by atoms with Gasteiger partial charge in [-0.2, -0.15) is 0 Å². The largest absolute Gasteiger partial charge is 0.478 e. The molecule has 2 rings (SSSR count). The molecular formula is C17H22N2O2. The monoisotopic (exact) mass is 286 g/mol. The van der Waals surface area contributed by atoms with E-state index in [2.05, 4.69) is 30.7 Å². The summed E-state index contributed by atoms with van der Waals surface area (Å²) in [6, 6.07) is 7.04. The Labute approximate surface area is 125 Å². The standard InChI is InChI=1S/C17H22N2O2/c1-11(2)8-15-10-18-16(19-15)12(3)9-13-4-6-14(7-5-13)17(20)21/h4-7,10-12H,8-9H2,1-3H3,(H,18,19)(H,20,21)/t12-/m1/s1. The lowest BCUT2D eigenvalue weighted by Crippen LogP contribution is -2.02. The van der Waals surface area contributed by atoms with E-state index in [4.69, 9.17) is 5.11 Å². The van der Waals surface area contributed by atoms with Gasteiger partial charge < -0.3 is 10.1 Å². The first kappa shape index (κ1) is 15.3. The van der Waals surface area contributed by atoms with Gasteiger partial charge in [-0.05, 0) is 36.5 Å². The van der Waals surface area contributed by atoms with Crippen LogP contribution in [0.5, 0.6) is 0 Å². The molecule has 0 aliphatic rings. The number of carbonyl (C=O) groups is 1. The van der Waals surface area contributed by atoms with Crippen molar-refractivity contribution >= 4 is 5.97 Å². The third kappa shape index (κ3) is 4.18. The van der Waals surface area contributed by atoms with Crippen molar-refractivity contribution in [2.45, 2.75) is 39.5 Å². The Kier molecular flexibility index (Phi) is 4.78. The second-order valence-electron chi connectivity index (χ2n) is 6.00. The summed E-state index contributed by atoms with van der Waals surface area (Å²) in [5, 5.41) is 8.90. The number of nitrogens with one attached hydrogen (secondary N) is 1. The van der Waals surface area contributed by atoms with Crippen molar-refractivity contribution in [1.82, 2.24) is 9.97 Å². The van der Waals surface area contributed by atoms with Gasteiger partial charge in [-0.3, -0.25) is 0 Å². The van der Waals surface area contributed by atoms with Gasteiger partial charge in [0.25, 0.3) is 0 Å². The van der Waals surface area contributed by atoms with Gasteiger partial charge in [0, 0.05) is 17.8 Å². The number of carboxylic acids is 1. The second kappa shape index (κ2) is 6.57. The number of hydrogen-bond acceptors (Lipinski definition) is 2. The van der Waals surface area contributed by atoms with Crippen molar-refractivity contribution in [3.05, 3.63) is 53.1 Å². The Morgan fingerprint density at radius 3 is 2.43 bits per heavy atom. The molecule has 0 aliphatic carbocycles. The molecule has 1 heterocycles. The van der Waals surface area contributed by atoms with E-state index in [1.54, 1.807) is 12.1 Å². The fourth-order valence-electron chi connectivity index (χ4n) is 2.40. The molecule has 0 aliphatic heterocycles. The van der Waals surface area contributed by atoms with Crippen molar-refractivity contribution in [3.8, 4) is 0 Å². The van der Waals surface area contributed by atoms with Crippen molar-refractivity contribution in [2.24, 2.45) is 5.92 Å². The van der Waals surface area contributed by atoms with Crippen LogP contribution < -0.4 is 0 Å². The number of nitrogens with zero attached hydrogens (tertiary/aromatic N) is 1. The smallest absolute Gasteiger partial charge is 0.335 e. The molecule has 1 atom stereocenters. The van der Waals surface area contributed by atoms with Crippen LogP contribution in [0, 0.1) is 5.92 Å². The minimum atomic E-state index is -0.890. The van der Waals surface area contributed by atoms with E-state index >= 15 is 0 Å². The Balaban J connectivity index is 2.01. The highest BCUT2D eigenvalue weighted by atomic mass is 16.4. The summed E-state index contributed by atoms with van der Waals surface area (Å²) in [5.74, 6) is 0.991. The number of imidazole rings is 1. The van der Waals surface area contributed by atoms with E-state index < -0.39 is 5.97 Å². The van der Waals surface area contributed by atoms with Gasteiger partial charge in [0.1, 0.15) is 5.82 Å². The van der Waals surface area contributed by atoms with E-state index in [0.29, 0.717) is 11.5 Å². The number of benzene rings is 1. The minimum Gasteiger partial charge on any atom is -0.478 e. The average molecular weight is 286 g/mol. The molecule has 0 amide bonds. The topological polar surface area (TPSA) is 66.0 Å². The fraction of sp³-hybridized carbons (Fsp3) is 0.412. The van der Waals surface area contributed by atoms with Gasteiger partial charge in [-0.25, -0.2) is 9.78 Å². The van der Waals surface area contributed by atoms with Crippen LogP contribution in [0.25, 0.3) is 0 Å². The predicted octanol–water partition coefficient (Wildman–Crippen LogP) is 3.65. The second-order valence-corrected chi connectivity index (χ2v) is 6.00. The molecule has 0 saturated carbocycles. The van der Waals surface area contributed by atoms with Gasteiger partial charge in [-0.15, -0.1) is 0 Å². The molecular weight excluding hydrogens is 264 g/mol. The van der Waals surface area contributed by atoms with Crippen LogP contribution in [0.4, 0.5) is 0 Å². The van der Waals surface area contributed by atoms with Gasteiger partial charge in [-0.1, -0.05) is 32.9 Å². The van der Waals surface area contributed by atoms with Crippen LogP contribution in [0.15, 0.2) is 30.5 Å². The molecule has 1 aromatic heterocycles. The Bertz CT molecular complexity index is 600. The zero-order chi connectivity index (χ0) is 15.4. The van der Waals surface area contributed by atoms with E-state index in [1.165, 1.54) is 5.69 Å². The zero-order valence-electron chi connectivity index (χ0n) is 12.8. The number of rotatable bonds is 6. The summed E-state index contributed by atoms with van der Waals surface area (Å²) in [5.41, 5.74) is 2.62. The lowest BCUT2D eigenvalue weighted by Gasteiger charge is -2.09. The highest BCUT2D eigenvalue weighted by Gasteiger charge is 2.12. The first-order chi connectivity index (χ1) is 9.95. The summed E-state index contributed by atoms with van der Waals surface area (Å²) in [6.07, 6.45) is 3.76. The maximum atomic E-state index is 10.8. The number of carboxylic acid groups (broad SMARTS) is 1. The first-order valence-electron chi connectivity index (χ1n) is 7.31. The lowest BCUT2D eigenvalue weighted by molar-refractivity contribution is 0.0697.